The van der Waals surface area contributed by atoms with Gasteiger partial charge in [-0.15, -0.1) is 0 Å². The highest BCUT2D eigenvalue weighted by Crippen LogP contribution is 2.43. The van der Waals surface area contributed by atoms with E-state index in [0.29, 0.717) is 6.42 Å². The molecule has 6 heteroatoms. The fourth-order valence-electron chi connectivity index (χ4n) is 2.23. The first-order chi connectivity index (χ1) is 7.35. The minimum Gasteiger partial charge on any atom is -0.386 e. The number of methoxy groups -OCH3 is 1. The van der Waals surface area contributed by atoms with Crippen molar-refractivity contribution in [3.05, 3.63) is 0 Å². The van der Waals surface area contributed by atoms with Crippen LogP contribution in [0.25, 0.3) is 0 Å². The summed E-state index contributed by atoms with van der Waals surface area (Å²) >= 11 is 0. The van der Waals surface area contributed by atoms with E-state index in [2.05, 4.69) is 0 Å². The van der Waals surface area contributed by atoms with Crippen LogP contribution in [0.5, 0.6) is 0 Å². The number of hydrogen-bond acceptors (Lipinski definition) is 5. The molecule has 1 aliphatic rings. The van der Waals surface area contributed by atoms with Gasteiger partial charge in [0.2, 0.25) is 0 Å². The third kappa shape index (κ3) is 2.08. The van der Waals surface area contributed by atoms with Gasteiger partial charge in [0, 0.05) is 7.11 Å². The predicted molar refractivity (Wildman–Crippen MR) is 58.4 cm³/mol. The molecule has 0 radical (unpaired) electrons. The molecule has 16 heavy (non-hydrogen) atoms. The molecule has 0 aromatic rings. The largest absolute Gasteiger partial charge is 0.386 e. The Hall–Kier alpha value is -0.640. The zero-order valence-corrected chi connectivity index (χ0v) is 10.4. The molecule has 1 fully saturated rings. The molecule has 1 heterocycles. The highest BCUT2D eigenvalue weighted by Gasteiger charge is 2.56. The van der Waals surface area contributed by atoms with Crippen LogP contribution in [-0.4, -0.2) is 44.3 Å². The Bertz CT molecular complexity index is 400. The van der Waals surface area contributed by atoms with Crippen LogP contribution in [0.3, 0.4) is 0 Å². The lowest BCUT2D eigenvalue weighted by molar-refractivity contribution is -0.0957. The Balaban J connectivity index is 3.11. The zero-order chi connectivity index (χ0) is 12.4. The van der Waals surface area contributed by atoms with E-state index in [4.69, 9.17) is 4.74 Å². The second kappa shape index (κ2) is 4.32. The normalized spacial score (nSPS) is 31.9. The van der Waals surface area contributed by atoms with E-state index in [0.717, 1.165) is 0 Å². The first-order valence-electron chi connectivity index (χ1n) is 5.18. The van der Waals surface area contributed by atoms with E-state index in [1.54, 1.807) is 6.92 Å². The van der Waals surface area contributed by atoms with Crippen molar-refractivity contribution in [2.75, 3.05) is 25.2 Å². The quantitative estimate of drug-likeness (QED) is 0.761. The van der Waals surface area contributed by atoms with Crippen molar-refractivity contribution in [2.45, 2.75) is 25.4 Å². The van der Waals surface area contributed by atoms with E-state index in [1.807, 2.05) is 6.07 Å². The number of aliphatic hydroxyl groups is 1. The van der Waals surface area contributed by atoms with Gasteiger partial charge in [-0.25, -0.2) is 8.42 Å². The molecule has 2 atom stereocenters. The second-order valence-corrected chi connectivity index (χ2v) is 6.54. The maximum absolute atomic E-state index is 11.5. The Morgan fingerprint density at radius 1 is 1.62 bits per heavy atom. The molecule has 0 bridgehead atoms. The number of nitrogens with zero attached hydrogens (tertiary/aromatic N) is 1. The van der Waals surface area contributed by atoms with Crippen LogP contribution < -0.4 is 0 Å². The molecule has 1 N–H and O–H groups in total. The lowest BCUT2D eigenvalue weighted by atomic mass is 9.71. The summed E-state index contributed by atoms with van der Waals surface area (Å²) in [7, 11) is -1.79. The van der Waals surface area contributed by atoms with Crippen molar-refractivity contribution in [3.8, 4) is 6.07 Å². The van der Waals surface area contributed by atoms with Gasteiger partial charge in [-0.2, -0.15) is 5.26 Å². The molecule has 2 unspecified atom stereocenters. The van der Waals surface area contributed by atoms with Gasteiger partial charge in [0.05, 0.1) is 24.2 Å². The van der Waals surface area contributed by atoms with Gasteiger partial charge in [0.15, 0.2) is 9.84 Å². The maximum atomic E-state index is 11.5. The number of sulfone groups is 1. The first kappa shape index (κ1) is 13.4. The van der Waals surface area contributed by atoms with Crippen molar-refractivity contribution in [1.82, 2.24) is 0 Å². The van der Waals surface area contributed by atoms with Gasteiger partial charge in [0.25, 0.3) is 0 Å². The standard InChI is InChI=1S/C10H17NO4S/c1-3-10(12,7-15-2)9(6-11)4-5-16(13,14)8-9/h12H,3-5,7-8H2,1-2H3. The Labute approximate surface area is 95.9 Å². The Kier molecular flexibility index (Phi) is 3.62. The van der Waals surface area contributed by atoms with E-state index in [1.165, 1.54) is 7.11 Å². The first-order valence-corrected chi connectivity index (χ1v) is 7.00. The molecule has 0 amide bonds. The van der Waals surface area contributed by atoms with Gasteiger partial charge < -0.3 is 9.84 Å². The summed E-state index contributed by atoms with van der Waals surface area (Å²) in [6.45, 7) is 1.70. The van der Waals surface area contributed by atoms with Gasteiger partial charge in [-0.3, -0.25) is 0 Å². The van der Waals surface area contributed by atoms with Crippen LogP contribution in [0, 0.1) is 16.7 Å². The molecular weight excluding hydrogens is 230 g/mol. The summed E-state index contributed by atoms with van der Waals surface area (Å²) in [6, 6.07) is 2.00. The van der Waals surface area contributed by atoms with Gasteiger partial charge in [0.1, 0.15) is 11.0 Å². The van der Waals surface area contributed by atoms with E-state index >= 15 is 0 Å². The third-order valence-corrected chi connectivity index (χ3v) is 5.14. The summed E-state index contributed by atoms with van der Waals surface area (Å²) < 4.78 is 27.8. The van der Waals surface area contributed by atoms with E-state index in [9.17, 15) is 18.8 Å². The number of nitriles is 1. The second-order valence-electron chi connectivity index (χ2n) is 4.35. The fourth-order valence-corrected chi connectivity index (χ4v) is 4.26. The lowest BCUT2D eigenvalue weighted by Gasteiger charge is -2.38. The fraction of sp³-hybridized carbons (Fsp3) is 0.900. The average Bonchev–Trinajstić information content (AvgIpc) is 2.56. The number of rotatable bonds is 4. The summed E-state index contributed by atoms with van der Waals surface area (Å²) in [4.78, 5) is 0. The Morgan fingerprint density at radius 2 is 2.25 bits per heavy atom. The predicted octanol–water partition coefficient (Wildman–Crippen LogP) is 0.102. The molecular formula is C10H17NO4S. The molecule has 1 rings (SSSR count). The highest BCUT2D eigenvalue weighted by molar-refractivity contribution is 7.91. The van der Waals surface area contributed by atoms with Crippen LogP contribution in [0.15, 0.2) is 0 Å². The SMILES string of the molecule is CCC(O)(COC)C1(C#N)CCS(=O)(=O)C1. The minimum absolute atomic E-state index is 0.0212. The molecule has 0 spiro atoms. The van der Waals surface area contributed by atoms with Crippen LogP contribution >= 0.6 is 0 Å². The van der Waals surface area contributed by atoms with Gasteiger partial charge >= 0.3 is 0 Å². The molecule has 0 aromatic carbocycles. The monoisotopic (exact) mass is 247 g/mol. The molecule has 1 aliphatic heterocycles. The zero-order valence-electron chi connectivity index (χ0n) is 9.56. The van der Waals surface area contributed by atoms with Crippen LogP contribution in [0.1, 0.15) is 19.8 Å². The highest BCUT2D eigenvalue weighted by atomic mass is 32.2. The smallest absolute Gasteiger partial charge is 0.152 e. The van der Waals surface area contributed by atoms with Crippen molar-refractivity contribution in [2.24, 2.45) is 5.41 Å². The van der Waals surface area contributed by atoms with Crippen LogP contribution in [-0.2, 0) is 14.6 Å². The van der Waals surface area contributed by atoms with Crippen molar-refractivity contribution in [3.63, 3.8) is 0 Å². The molecule has 0 aromatic heterocycles. The van der Waals surface area contributed by atoms with E-state index in [-0.39, 0.29) is 24.5 Å². The van der Waals surface area contributed by atoms with Crippen molar-refractivity contribution < 1.29 is 18.3 Å². The minimum atomic E-state index is -3.22. The van der Waals surface area contributed by atoms with Crippen LogP contribution in [0.4, 0.5) is 0 Å². The molecule has 0 aliphatic carbocycles. The molecule has 1 saturated heterocycles. The van der Waals surface area contributed by atoms with Crippen LogP contribution in [0.2, 0.25) is 0 Å². The third-order valence-electron chi connectivity index (χ3n) is 3.38. The van der Waals surface area contributed by atoms with Crippen molar-refractivity contribution >= 4 is 9.84 Å². The summed E-state index contributed by atoms with van der Waals surface area (Å²) in [6.07, 6.45) is 0.476. The summed E-state index contributed by atoms with van der Waals surface area (Å²) in [5, 5.41) is 19.6. The lowest BCUT2D eigenvalue weighted by Crippen LogP contribution is -2.51. The van der Waals surface area contributed by atoms with Gasteiger partial charge in [-0.1, -0.05) is 6.92 Å². The summed E-state index contributed by atoms with van der Waals surface area (Å²) in [5.74, 6) is -0.309. The molecule has 5 nitrogen and oxygen atoms in total. The van der Waals surface area contributed by atoms with Crippen molar-refractivity contribution in [1.29, 1.82) is 5.26 Å². The molecule has 92 valence electrons. The average molecular weight is 247 g/mol. The number of hydrogen-bond donors (Lipinski definition) is 1. The summed E-state index contributed by atoms with van der Waals surface area (Å²) in [5.41, 5.74) is -2.61. The maximum Gasteiger partial charge on any atom is 0.152 e. The topological polar surface area (TPSA) is 87.4 Å². The number of ether oxygens (including phenoxy) is 1. The molecule has 0 saturated carbocycles. The van der Waals surface area contributed by atoms with Gasteiger partial charge in [-0.05, 0) is 12.8 Å². The Morgan fingerprint density at radius 3 is 2.56 bits per heavy atom. The van der Waals surface area contributed by atoms with E-state index < -0.39 is 20.9 Å².